The van der Waals surface area contributed by atoms with E-state index in [1.54, 1.807) is 6.08 Å². The predicted molar refractivity (Wildman–Crippen MR) is 40.4 cm³/mol. The molecule has 0 amide bonds. The molecule has 1 aliphatic carbocycles. The molecule has 2 rings (SSSR count). The molecule has 1 heterocycles. The van der Waals surface area contributed by atoms with Crippen LogP contribution < -0.4 is 0 Å². The van der Waals surface area contributed by atoms with E-state index in [0.717, 1.165) is 0 Å². The van der Waals surface area contributed by atoms with E-state index in [9.17, 15) is 13.2 Å². The molecule has 0 bridgehead atoms. The standard InChI is InChI=1S/C7H6O4S/c8-7-5-3-1-2-4-6(5)12(9,10)11-7/h2,4H,1,3H2. The Morgan fingerprint density at radius 1 is 1.42 bits per heavy atom. The average molecular weight is 186 g/mol. The Morgan fingerprint density at radius 2 is 2.17 bits per heavy atom. The molecule has 0 aromatic heterocycles. The second-order valence-electron chi connectivity index (χ2n) is 2.61. The van der Waals surface area contributed by atoms with Crippen molar-refractivity contribution < 1.29 is 17.4 Å². The van der Waals surface area contributed by atoms with Gasteiger partial charge >= 0.3 is 16.1 Å². The third-order valence-corrected chi connectivity index (χ3v) is 3.12. The highest BCUT2D eigenvalue weighted by molar-refractivity contribution is 7.91. The molecule has 12 heavy (non-hydrogen) atoms. The smallest absolute Gasteiger partial charge is 0.338 e. The molecule has 0 aromatic rings. The van der Waals surface area contributed by atoms with Crippen LogP contribution in [-0.2, 0) is 19.1 Å². The van der Waals surface area contributed by atoms with Crippen LogP contribution in [0.15, 0.2) is 22.6 Å². The minimum Gasteiger partial charge on any atom is -0.338 e. The summed E-state index contributed by atoms with van der Waals surface area (Å²) in [6.07, 6.45) is 4.31. The summed E-state index contributed by atoms with van der Waals surface area (Å²) in [7, 11) is -3.75. The fraction of sp³-hybridized carbons (Fsp3) is 0.286. The van der Waals surface area contributed by atoms with Gasteiger partial charge in [0.15, 0.2) is 0 Å². The van der Waals surface area contributed by atoms with Crippen molar-refractivity contribution in [2.75, 3.05) is 0 Å². The second kappa shape index (κ2) is 2.20. The van der Waals surface area contributed by atoms with Crippen LogP contribution in [0.4, 0.5) is 0 Å². The second-order valence-corrected chi connectivity index (χ2v) is 4.12. The Labute approximate surface area is 69.6 Å². The summed E-state index contributed by atoms with van der Waals surface area (Å²) in [5.41, 5.74) is 0.289. The van der Waals surface area contributed by atoms with E-state index in [0.29, 0.717) is 12.8 Å². The molecule has 4 nitrogen and oxygen atoms in total. The summed E-state index contributed by atoms with van der Waals surface area (Å²) in [5.74, 6) is -0.714. The zero-order valence-corrected chi connectivity index (χ0v) is 6.93. The molecule has 64 valence electrons. The summed E-state index contributed by atoms with van der Waals surface area (Å²) < 4.78 is 26.3. The zero-order chi connectivity index (χ0) is 8.77. The maximum absolute atomic E-state index is 11.1. The summed E-state index contributed by atoms with van der Waals surface area (Å²) in [5, 5.41) is 0. The molecule has 1 aliphatic heterocycles. The van der Waals surface area contributed by atoms with Crippen molar-refractivity contribution in [1.29, 1.82) is 0 Å². The van der Waals surface area contributed by atoms with Crippen molar-refractivity contribution in [3.63, 3.8) is 0 Å². The molecule has 0 fully saturated rings. The highest BCUT2D eigenvalue weighted by Crippen LogP contribution is 2.31. The highest BCUT2D eigenvalue weighted by atomic mass is 32.2. The van der Waals surface area contributed by atoms with Crippen molar-refractivity contribution in [3.8, 4) is 0 Å². The van der Waals surface area contributed by atoms with Crippen molar-refractivity contribution in [3.05, 3.63) is 22.6 Å². The lowest BCUT2D eigenvalue weighted by Gasteiger charge is -2.00. The molecular formula is C7H6O4S. The van der Waals surface area contributed by atoms with Crippen LogP contribution in [0.3, 0.4) is 0 Å². The fourth-order valence-corrected chi connectivity index (χ4v) is 2.41. The van der Waals surface area contributed by atoms with Crippen LogP contribution >= 0.6 is 0 Å². The monoisotopic (exact) mass is 186 g/mol. The SMILES string of the molecule is O=C1OS(=O)(=O)C2=C1CCC=C2. The lowest BCUT2D eigenvalue weighted by molar-refractivity contribution is -0.129. The van der Waals surface area contributed by atoms with Crippen LogP contribution in [0.5, 0.6) is 0 Å². The van der Waals surface area contributed by atoms with Gasteiger partial charge in [-0.1, -0.05) is 6.08 Å². The Kier molecular flexibility index (Phi) is 1.38. The largest absolute Gasteiger partial charge is 0.351 e. The van der Waals surface area contributed by atoms with Gasteiger partial charge in [-0.3, -0.25) is 0 Å². The lowest BCUT2D eigenvalue weighted by Crippen LogP contribution is -2.02. The van der Waals surface area contributed by atoms with Crippen LogP contribution in [0.1, 0.15) is 12.8 Å². The quantitative estimate of drug-likeness (QED) is 0.516. The highest BCUT2D eigenvalue weighted by Gasteiger charge is 2.37. The molecule has 0 radical (unpaired) electrons. The number of carbonyl (C=O) groups excluding carboxylic acids is 1. The molecule has 0 N–H and O–H groups in total. The van der Waals surface area contributed by atoms with Crippen LogP contribution in [0, 0.1) is 0 Å². The topological polar surface area (TPSA) is 60.4 Å². The molecule has 0 saturated heterocycles. The van der Waals surface area contributed by atoms with E-state index in [2.05, 4.69) is 4.18 Å². The van der Waals surface area contributed by atoms with Crippen LogP contribution in [0.2, 0.25) is 0 Å². The van der Waals surface area contributed by atoms with Crippen molar-refractivity contribution in [2.24, 2.45) is 0 Å². The van der Waals surface area contributed by atoms with Gasteiger partial charge in [0.2, 0.25) is 0 Å². The zero-order valence-electron chi connectivity index (χ0n) is 6.11. The van der Waals surface area contributed by atoms with E-state index in [1.807, 2.05) is 0 Å². The number of hydrogen-bond acceptors (Lipinski definition) is 4. The van der Waals surface area contributed by atoms with E-state index in [-0.39, 0.29) is 10.5 Å². The molecular weight excluding hydrogens is 180 g/mol. The first-order chi connectivity index (χ1) is 5.61. The molecule has 0 aromatic carbocycles. The third kappa shape index (κ3) is 0.896. The van der Waals surface area contributed by atoms with Crippen LogP contribution in [0.25, 0.3) is 0 Å². The normalized spacial score (nSPS) is 25.5. The van der Waals surface area contributed by atoms with Crippen molar-refractivity contribution >= 4 is 16.1 Å². The first-order valence-electron chi connectivity index (χ1n) is 3.50. The van der Waals surface area contributed by atoms with Crippen molar-refractivity contribution in [2.45, 2.75) is 12.8 Å². The third-order valence-electron chi connectivity index (χ3n) is 1.83. The molecule has 0 atom stereocenters. The Balaban J connectivity index is 2.63. The van der Waals surface area contributed by atoms with Crippen molar-refractivity contribution in [1.82, 2.24) is 0 Å². The first kappa shape index (κ1) is 7.54. The van der Waals surface area contributed by atoms with Gasteiger partial charge in [0.25, 0.3) is 0 Å². The summed E-state index contributed by atoms with van der Waals surface area (Å²) >= 11 is 0. The van der Waals surface area contributed by atoms with Gasteiger partial charge in [-0.25, -0.2) is 4.79 Å². The predicted octanol–water partition coefficient (Wildman–Crippen LogP) is 0.477. The van der Waals surface area contributed by atoms with E-state index < -0.39 is 16.1 Å². The molecule has 0 unspecified atom stereocenters. The minimum atomic E-state index is -3.75. The van der Waals surface area contributed by atoms with E-state index in [1.165, 1.54) is 6.08 Å². The van der Waals surface area contributed by atoms with Gasteiger partial charge in [0.05, 0.1) is 5.57 Å². The Morgan fingerprint density at radius 3 is 2.83 bits per heavy atom. The minimum absolute atomic E-state index is 0.0405. The van der Waals surface area contributed by atoms with Gasteiger partial charge in [0.1, 0.15) is 4.91 Å². The van der Waals surface area contributed by atoms with Gasteiger partial charge < -0.3 is 4.18 Å². The van der Waals surface area contributed by atoms with E-state index in [4.69, 9.17) is 0 Å². The number of hydrogen-bond donors (Lipinski definition) is 0. The summed E-state index contributed by atoms with van der Waals surface area (Å²) in [6, 6.07) is 0. The molecule has 0 spiro atoms. The molecule has 2 aliphatic rings. The number of carbonyl (C=O) groups is 1. The fourth-order valence-electron chi connectivity index (χ4n) is 1.27. The van der Waals surface area contributed by atoms with Gasteiger partial charge in [-0.05, 0) is 18.9 Å². The maximum atomic E-state index is 11.1. The average Bonchev–Trinajstić information content (AvgIpc) is 2.25. The van der Waals surface area contributed by atoms with E-state index >= 15 is 0 Å². The van der Waals surface area contributed by atoms with Gasteiger partial charge in [0, 0.05) is 0 Å². The number of allylic oxidation sites excluding steroid dienone is 2. The maximum Gasteiger partial charge on any atom is 0.351 e. The van der Waals surface area contributed by atoms with Gasteiger partial charge in [-0.2, -0.15) is 8.42 Å². The summed E-state index contributed by atoms with van der Waals surface area (Å²) in [6.45, 7) is 0. The lowest BCUT2D eigenvalue weighted by atomic mass is 10.1. The molecule has 0 saturated carbocycles. The summed E-state index contributed by atoms with van der Waals surface area (Å²) in [4.78, 5) is 11.0. The van der Waals surface area contributed by atoms with Crippen LogP contribution in [-0.4, -0.2) is 14.4 Å². The Bertz CT molecular complexity index is 399. The number of rotatable bonds is 0. The first-order valence-corrected chi connectivity index (χ1v) is 4.90. The Hall–Kier alpha value is -1.10. The molecule has 5 heteroatoms. The van der Waals surface area contributed by atoms with Gasteiger partial charge in [-0.15, -0.1) is 0 Å².